The molecule has 0 saturated heterocycles. The summed E-state index contributed by atoms with van der Waals surface area (Å²) in [4.78, 5) is 0. The first-order valence-electron chi connectivity index (χ1n) is 4.97. The summed E-state index contributed by atoms with van der Waals surface area (Å²) >= 11 is 0. The van der Waals surface area contributed by atoms with Crippen LogP contribution in [0.3, 0.4) is 0 Å². The van der Waals surface area contributed by atoms with Gasteiger partial charge in [-0.05, 0) is 24.1 Å². The molecule has 0 aromatic heterocycles. The predicted octanol–water partition coefficient (Wildman–Crippen LogP) is 1.84. The zero-order valence-corrected chi connectivity index (χ0v) is 9.00. The minimum absolute atomic E-state index is 0.148. The smallest absolute Gasteiger partial charge is 0.148 e. The molecule has 0 fully saturated rings. The number of aliphatic hydroxyl groups excluding tert-OH is 1. The van der Waals surface area contributed by atoms with Crippen molar-refractivity contribution in [3.8, 4) is 0 Å². The molecule has 4 heteroatoms. The Balaban J connectivity index is 2.58. The summed E-state index contributed by atoms with van der Waals surface area (Å²) in [5, 5.41) is 12.4. The van der Waals surface area contributed by atoms with Crippen LogP contribution >= 0.6 is 0 Å². The van der Waals surface area contributed by atoms with Crippen LogP contribution in [0.1, 0.15) is 13.8 Å². The van der Waals surface area contributed by atoms with Gasteiger partial charge in [-0.15, -0.1) is 0 Å². The van der Waals surface area contributed by atoms with Gasteiger partial charge in [0.15, 0.2) is 0 Å². The maximum Gasteiger partial charge on any atom is 0.148 e. The number of nitrogen functional groups attached to an aromatic ring is 1. The van der Waals surface area contributed by atoms with Gasteiger partial charge in [-0.25, -0.2) is 4.39 Å². The number of nitrogens with two attached hydrogens (primary N) is 1. The number of anilines is 2. The molecule has 0 aliphatic carbocycles. The fraction of sp³-hybridized carbons (Fsp3) is 0.455. The Hall–Kier alpha value is -1.29. The molecule has 15 heavy (non-hydrogen) atoms. The van der Waals surface area contributed by atoms with E-state index in [1.807, 2.05) is 13.8 Å². The summed E-state index contributed by atoms with van der Waals surface area (Å²) in [5.41, 5.74) is 6.17. The lowest BCUT2D eigenvalue weighted by Gasteiger charge is -2.16. The van der Waals surface area contributed by atoms with Gasteiger partial charge in [-0.2, -0.15) is 0 Å². The second-order valence-corrected chi connectivity index (χ2v) is 3.93. The highest BCUT2D eigenvalue weighted by Crippen LogP contribution is 2.17. The molecule has 1 aromatic rings. The average Bonchev–Trinajstić information content (AvgIpc) is 2.15. The molecule has 1 unspecified atom stereocenters. The van der Waals surface area contributed by atoms with E-state index < -0.39 is 11.9 Å². The van der Waals surface area contributed by atoms with Gasteiger partial charge >= 0.3 is 0 Å². The normalized spacial score (nSPS) is 12.9. The van der Waals surface area contributed by atoms with Crippen molar-refractivity contribution in [3.63, 3.8) is 0 Å². The molecule has 1 atom stereocenters. The van der Waals surface area contributed by atoms with Crippen LogP contribution < -0.4 is 11.1 Å². The Labute approximate surface area is 89.1 Å². The summed E-state index contributed by atoms with van der Waals surface area (Å²) in [5.74, 6) is -0.250. The lowest BCUT2D eigenvalue weighted by atomic mass is 10.1. The standard InChI is InChI=1S/C11H17FN2O/c1-7(2)11(15)6-14-10-4-3-8(13)5-9(10)12/h3-5,7,11,14-15H,6,13H2,1-2H3. The number of hydrogen-bond donors (Lipinski definition) is 3. The zero-order valence-electron chi connectivity index (χ0n) is 9.00. The second kappa shape index (κ2) is 4.98. The largest absolute Gasteiger partial charge is 0.399 e. The van der Waals surface area contributed by atoms with Crippen LogP contribution in [0, 0.1) is 11.7 Å². The first-order valence-corrected chi connectivity index (χ1v) is 4.97. The third-order valence-electron chi connectivity index (χ3n) is 2.26. The fourth-order valence-corrected chi connectivity index (χ4v) is 1.12. The van der Waals surface area contributed by atoms with Crippen molar-refractivity contribution in [2.24, 2.45) is 5.92 Å². The fourth-order valence-electron chi connectivity index (χ4n) is 1.12. The third kappa shape index (κ3) is 3.40. The van der Waals surface area contributed by atoms with E-state index in [2.05, 4.69) is 5.32 Å². The SMILES string of the molecule is CC(C)C(O)CNc1ccc(N)cc1F. The molecule has 0 spiro atoms. The van der Waals surface area contributed by atoms with E-state index in [0.717, 1.165) is 0 Å². The van der Waals surface area contributed by atoms with Gasteiger partial charge < -0.3 is 16.2 Å². The van der Waals surface area contributed by atoms with Crippen molar-refractivity contribution in [1.29, 1.82) is 0 Å². The van der Waals surface area contributed by atoms with Gasteiger partial charge in [-0.1, -0.05) is 13.8 Å². The number of rotatable bonds is 4. The van der Waals surface area contributed by atoms with E-state index in [4.69, 9.17) is 5.73 Å². The molecule has 1 aromatic carbocycles. The first-order chi connectivity index (χ1) is 7.00. The molecular formula is C11H17FN2O. The van der Waals surface area contributed by atoms with Crippen LogP contribution in [-0.4, -0.2) is 17.8 Å². The molecule has 0 heterocycles. The van der Waals surface area contributed by atoms with Crippen LogP contribution in [0.4, 0.5) is 15.8 Å². The number of aliphatic hydroxyl groups is 1. The third-order valence-corrected chi connectivity index (χ3v) is 2.26. The van der Waals surface area contributed by atoms with E-state index in [-0.39, 0.29) is 5.92 Å². The molecular weight excluding hydrogens is 195 g/mol. The van der Waals surface area contributed by atoms with Crippen molar-refractivity contribution in [1.82, 2.24) is 0 Å². The maximum absolute atomic E-state index is 13.3. The van der Waals surface area contributed by atoms with Crippen LogP contribution in [-0.2, 0) is 0 Å². The minimum atomic E-state index is -0.484. The number of nitrogens with one attached hydrogen (secondary N) is 1. The lowest BCUT2D eigenvalue weighted by molar-refractivity contribution is 0.138. The number of halogens is 1. The summed E-state index contributed by atoms with van der Waals surface area (Å²) in [6, 6.07) is 4.44. The molecule has 1 rings (SSSR count). The highest BCUT2D eigenvalue weighted by atomic mass is 19.1. The van der Waals surface area contributed by atoms with Gasteiger partial charge in [0.25, 0.3) is 0 Å². The molecule has 0 aliphatic rings. The molecule has 0 saturated carbocycles. The number of hydrogen-bond acceptors (Lipinski definition) is 3. The van der Waals surface area contributed by atoms with Crippen molar-refractivity contribution in [2.45, 2.75) is 20.0 Å². The van der Waals surface area contributed by atoms with Crippen LogP contribution in [0.2, 0.25) is 0 Å². The average molecular weight is 212 g/mol. The van der Waals surface area contributed by atoms with Crippen molar-refractivity contribution in [2.75, 3.05) is 17.6 Å². The Bertz CT molecular complexity index is 328. The Morgan fingerprint density at radius 2 is 2.13 bits per heavy atom. The molecule has 84 valence electrons. The zero-order chi connectivity index (χ0) is 11.4. The molecule has 4 N–H and O–H groups in total. The highest BCUT2D eigenvalue weighted by molar-refractivity contribution is 5.52. The molecule has 0 amide bonds. The Morgan fingerprint density at radius 3 is 2.67 bits per heavy atom. The maximum atomic E-state index is 13.3. The van der Waals surface area contributed by atoms with E-state index in [9.17, 15) is 9.50 Å². The van der Waals surface area contributed by atoms with Crippen molar-refractivity contribution in [3.05, 3.63) is 24.0 Å². The topological polar surface area (TPSA) is 58.3 Å². The second-order valence-electron chi connectivity index (χ2n) is 3.93. The summed E-state index contributed by atoms with van der Waals surface area (Å²) in [7, 11) is 0. The van der Waals surface area contributed by atoms with Gasteiger partial charge in [0, 0.05) is 12.2 Å². The first kappa shape index (κ1) is 11.8. The molecule has 0 aliphatic heterocycles. The highest BCUT2D eigenvalue weighted by Gasteiger charge is 2.09. The van der Waals surface area contributed by atoms with Gasteiger partial charge in [0.2, 0.25) is 0 Å². The van der Waals surface area contributed by atoms with E-state index in [1.165, 1.54) is 6.07 Å². The molecule has 3 nitrogen and oxygen atoms in total. The van der Waals surface area contributed by atoms with Gasteiger partial charge in [-0.3, -0.25) is 0 Å². The lowest BCUT2D eigenvalue weighted by Crippen LogP contribution is -2.25. The summed E-state index contributed by atoms with van der Waals surface area (Å²) in [6.07, 6.45) is -0.484. The van der Waals surface area contributed by atoms with E-state index in [1.54, 1.807) is 12.1 Å². The quantitative estimate of drug-likeness (QED) is 0.667. The van der Waals surface area contributed by atoms with Gasteiger partial charge in [0.05, 0.1) is 11.8 Å². The van der Waals surface area contributed by atoms with Crippen LogP contribution in [0.15, 0.2) is 18.2 Å². The molecule has 0 bridgehead atoms. The summed E-state index contributed by atoms with van der Waals surface area (Å²) < 4.78 is 13.3. The van der Waals surface area contributed by atoms with E-state index >= 15 is 0 Å². The Kier molecular flexibility index (Phi) is 3.91. The Morgan fingerprint density at radius 1 is 1.47 bits per heavy atom. The van der Waals surface area contributed by atoms with Gasteiger partial charge in [0.1, 0.15) is 5.82 Å². The minimum Gasteiger partial charge on any atom is -0.399 e. The van der Waals surface area contributed by atoms with Crippen molar-refractivity contribution >= 4 is 11.4 Å². The van der Waals surface area contributed by atoms with Crippen LogP contribution in [0.25, 0.3) is 0 Å². The van der Waals surface area contributed by atoms with Crippen molar-refractivity contribution < 1.29 is 9.50 Å². The molecule has 0 radical (unpaired) electrons. The summed E-state index contributed by atoms with van der Waals surface area (Å²) in [6.45, 7) is 4.15. The van der Waals surface area contributed by atoms with Crippen LogP contribution in [0.5, 0.6) is 0 Å². The monoisotopic (exact) mass is 212 g/mol. The van der Waals surface area contributed by atoms with E-state index in [0.29, 0.717) is 17.9 Å². The predicted molar refractivity (Wildman–Crippen MR) is 60.1 cm³/mol. The number of benzene rings is 1.